The first-order valence-corrected chi connectivity index (χ1v) is 7.96. The molecule has 1 aromatic carbocycles. The summed E-state index contributed by atoms with van der Waals surface area (Å²) in [6.45, 7) is 3.70. The Hall–Kier alpha value is -1.56. The summed E-state index contributed by atoms with van der Waals surface area (Å²) < 4.78 is 22.9. The second-order valence-electron chi connectivity index (χ2n) is 5.35. The summed E-state index contributed by atoms with van der Waals surface area (Å²) in [6.07, 6.45) is 0.455. The highest BCUT2D eigenvalue weighted by Crippen LogP contribution is 2.23. The van der Waals surface area contributed by atoms with Crippen molar-refractivity contribution < 1.29 is 13.2 Å². The van der Waals surface area contributed by atoms with E-state index in [0.29, 0.717) is 12.1 Å². The van der Waals surface area contributed by atoms with Gasteiger partial charge in [0.05, 0.1) is 17.0 Å². The summed E-state index contributed by atoms with van der Waals surface area (Å²) in [7, 11) is -3.02. The number of carbonyl (C=O) groups is 1. The van der Waals surface area contributed by atoms with Gasteiger partial charge in [-0.25, -0.2) is 13.2 Å². The van der Waals surface area contributed by atoms with Gasteiger partial charge in [0.15, 0.2) is 9.84 Å². The fourth-order valence-corrected chi connectivity index (χ4v) is 4.36. The van der Waals surface area contributed by atoms with Crippen LogP contribution in [0, 0.1) is 6.92 Å². The summed E-state index contributed by atoms with van der Waals surface area (Å²) in [5.74, 6) is 0.134. The lowest BCUT2D eigenvalue weighted by Crippen LogP contribution is -2.48. The number of carbonyl (C=O) groups excluding carboxylic acids is 1. The Balaban J connectivity index is 1.99. The van der Waals surface area contributed by atoms with Crippen molar-refractivity contribution in [1.82, 2.24) is 5.32 Å². The van der Waals surface area contributed by atoms with E-state index in [4.69, 9.17) is 0 Å². The van der Waals surface area contributed by atoms with Gasteiger partial charge in [0.2, 0.25) is 0 Å². The summed E-state index contributed by atoms with van der Waals surface area (Å²) in [5.41, 5.74) is 1.07. The summed E-state index contributed by atoms with van der Waals surface area (Å²) in [5, 5.41) is 5.47. The molecule has 2 N–H and O–H groups in total. The van der Waals surface area contributed by atoms with Gasteiger partial charge in [-0.3, -0.25) is 0 Å². The van der Waals surface area contributed by atoms with E-state index in [-0.39, 0.29) is 17.5 Å². The molecule has 2 amide bonds. The van der Waals surface area contributed by atoms with Gasteiger partial charge in [0.25, 0.3) is 0 Å². The average molecular weight is 282 g/mol. The molecule has 0 aliphatic carbocycles. The number of hydrogen-bond acceptors (Lipinski definition) is 3. The number of rotatable bonds is 2. The topological polar surface area (TPSA) is 75.3 Å². The number of urea groups is 1. The average Bonchev–Trinajstić information content (AvgIpc) is 2.52. The molecule has 6 heteroatoms. The van der Waals surface area contributed by atoms with Crippen molar-refractivity contribution in [3.05, 3.63) is 29.8 Å². The van der Waals surface area contributed by atoms with Crippen molar-refractivity contribution in [2.75, 3.05) is 16.8 Å². The highest BCUT2D eigenvalue weighted by molar-refractivity contribution is 7.91. The molecular formula is C13H18N2O3S. The number of anilines is 1. The van der Waals surface area contributed by atoms with Crippen LogP contribution in [0.5, 0.6) is 0 Å². The van der Waals surface area contributed by atoms with Gasteiger partial charge in [0.1, 0.15) is 0 Å². The van der Waals surface area contributed by atoms with Crippen molar-refractivity contribution >= 4 is 21.6 Å². The van der Waals surface area contributed by atoms with Gasteiger partial charge in [-0.15, -0.1) is 0 Å². The molecule has 0 saturated carbocycles. The third-order valence-electron chi connectivity index (χ3n) is 3.19. The molecular weight excluding hydrogens is 264 g/mol. The van der Waals surface area contributed by atoms with Crippen LogP contribution in [-0.2, 0) is 9.84 Å². The van der Waals surface area contributed by atoms with Crippen molar-refractivity contribution in [2.45, 2.75) is 25.8 Å². The number of nitrogens with one attached hydrogen (secondary N) is 2. The van der Waals surface area contributed by atoms with E-state index >= 15 is 0 Å². The summed E-state index contributed by atoms with van der Waals surface area (Å²) in [4.78, 5) is 11.9. The molecule has 1 aliphatic heterocycles. The lowest BCUT2D eigenvalue weighted by molar-refractivity contribution is 0.242. The molecule has 0 radical (unpaired) electrons. The maximum atomic E-state index is 11.9. The van der Waals surface area contributed by atoms with Crippen LogP contribution in [-0.4, -0.2) is 31.5 Å². The quantitative estimate of drug-likeness (QED) is 0.867. The molecule has 0 aromatic heterocycles. The molecule has 104 valence electrons. The molecule has 1 atom stereocenters. The largest absolute Gasteiger partial charge is 0.332 e. The SMILES string of the molecule is Cc1cccc(NC(=O)N[C@@]2(C)CCS(=O)(=O)C2)c1. The molecule has 1 heterocycles. The number of sulfone groups is 1. The van der Waals surface area contributed by atoms with Gasteiger partial charge in [0, 0.05) is 5.69 Å². The minimum absolute atomic E-state index is 0.00123. The normalized spacial score (nSPS) is 24.9. The van der Waals surface area contributed by atoms with E-state index in [1.54, 1.807) is 13.0 Å². The molecule has 0 unspecified atom stereocenters. The van der Waals surface area contributed by atoms with Crippen molar-refractivity contribution in [1.29, 1.82) is 0 Å². The Morgan fingerprint density at radius 1 is 1.37 bits per heavy atom. The predicted molar refractivity (Wildman–Crippen MR) is 75.0 cm³/mol. The summed E-state index contributed by atoms with van der Waals surface area (Å²) >= 11 is 0. The van der Waals surface area contributed by atoms with Crippen LogP contribution in [0.15, 0.2) is 24.3 Å². The maximum absolute atomic E-state index is 11.9. The van der Waals surface area contributed by atoms with Crippen molar-refractivity contribution in [2.24, 2.45) is 0 Å². The fourth-order valence-electron chi connectivity index (χ4n) is 2.27. The zero-order valence-electron chi connectivity index (χ0n) is 11.1. The van der Waals surface area contributed by atoms with E-state index in [9.17, 15) is 13.2 Å². The lowest BCUT2D eigenvalue weighted by atomic mass is 10.0. The third kappa shape index (κ3) is 3.70. The first-order chi connectivity index (χ1) is 8.78. The Kier molecular flexibility index (Phi) is 3.54. The number of hydrogen-bond donors (Lipinski definition) is 2. The zero-order valence-corrected chi connectivity index (χ0v) is 11.9. The highest BCUT2D eigenvalue weighted by atomic mass is 32.2. The second-order valence-corrected chi connectivity index (χ2v) is 7.54. The highest BCUT2D eigenvalue weighted by Gasteiger charge is 2.39. The van der Waals surface area contributed by atoms with E-state index in [0.717, 1.165) is 5.56 Å². The molecule has 1 saturated heterocycles. The van der Waals surface area contributed by atoms with Gasteiger partial charge >= 0.3 is 6.03 Å². The minimum Gasteiger partial charge on any atom is -0.332 e. The Morgan fingerprint density at radius 2 is 2.11 bits per heavy atom. The standard InChI is InChI=1S/C13H18N2O3S/c1-10-4-3-5-11(8-10)14-12(16)15-13(2)6-7-19(17,18)9-13/h3-5,8H,6-7,9H2,1-2H3,(H2,14,15,16)/t13-/m0/s1. The Bertz CT molecular complexity index is 598. The number of benzene rings is 1. The lowest BCUT2D eigenvalue weighted by Gasteiger charge is -2.24. The van der Waals surface area contributed by atoms with E-state index in [1.165, 1.54) is 0 Å². The van der Waals surface area contributed by atoms with E-state index in [2.05, 4.69) is 10.6 Å². The number of amides is 2. The van der Waals surface area contributed by atoms with E-state index < -0.39 is 15.4 Å². The molecule has 1 aromatic rings. The predicted octanol–water partition coefficient (Wildman–Crippen LogP) is 1.69. The third-order valence-corrected chi connectivity index (χ3v) is 5.10. The Morgan fingerprint density at radius 3 is 2.68 bits per heavy atom. The monoisotopic (exact) mass is 282 g/mol. The minimum atomic E-state index is -3.02. The van der Waals surface area contributed by atoms with Gasteiger partial charge in [-0.1, -0.05) is 12.1 Å². The second kappa shape index (κ2) is 4.85. The molecule has 0 bridgehead atoms. The van der Waals surface area contributed by atoms with Crippen molar-refractivity contribution in [3.8, 4) is 0 Å². The van der Waals surface area contributed by atoms with Gasteiger partial charge < -0.3 is 10.6 Å². The molecule has 1 fully saturated rings. The Labute approximate surface area is 113 Å². The molecule has 1 aliphatic rings. The zero-order chi connectivity index (χ0) is 14.1. The van der Waals surface area contributed by atoms with Crippen LogP contribution < -0.4 is 10.6 Å². The van der Waals surface area contributed by atoms with Crippen LogP contribution in [0.4, 0.5) is 10.5 Å². The van der Waals surface area contributed by atoms with Gasteiger partial charge in [-0.2, -0.15) is 0 Å². The number of aryl methyl sites for hydroxylation is 1. The van der Waals surface area contributed by atoms with Gasteiger partial charge in [-0.05, 0) is 38.0 Å². The summed E-state index contributed by atoms with van der Waals surface area (Å²) in [6, 6.07) is 7.07. The molecule has 2 rings (SSSR count). The molecule has 0 spiro atoms. The van der Waals surface area contributed by atoms with Crippen LogP contribution >= 0.6 is 0 Å². The first-order valence-electron chi connectivity index (χ1n) is 6.14. The van der Waals surface area contributed by atoms with E-state index in [1.807, 2.05) is 25.1 Å². The molecule has 19 heavy (non-hydrogen) atoms. The first kappa shape index (κ1) is 13.9. The van der Waals surface area contributed by atoms with Crippen LogP contribution in [0.2, 0.25) is 0 Å². The van der Waals surface area contributed by atoms with Crippen LogP contribution in [0.1, 0.15) is 18.9 Å². The van der Waals surface area contributed by atoms with Crippen LogP contribution in [0.25, 0.3) is 0 Å². The fraction of sp³-hybridized carbons (Fsp3) is 0.462. The smallest absolute Gasteiger partial charge is 0.319 e. The maximum Gasteiger partial charge on any atom is 0.319 e. The van der Waals surface area contributed by atoms with Crippen molar-refractivity contribution in [3.63, 3.8) is 0 Å². The molecule has 5 nitrogen and oxygen atoms in total. The van der Waals surface area contributed by atoms with Crippen LogP contribution in [0.3, 0.4) is 0 Å².